The fourth-order valence-corrected chi connectivity index (χ4v) is 2.99. The summed E-state index contributed by atoms with van der Waals surface area (Å²) >= 11 is 1.70. The Kier molecular flexibility index (Phi) is 3.54. The first kappa shape index (κ1) is 12.2. The minimum absolute atomic E-state index is 0.101. The number of halogens is 1. The van der Waals surface area contributed by atoms with Crippen LogP contribution in [0.1, 0.15) is 26.9 Å². The third-order valence-corrected chi connectivity index (χ3v) is 4.09. The molecule has 0 aliphatic rings. The van der Waals surface area contributed by atoms with Gasteiger partial charge in [0, 0.05) is 21.5 Å². The Morgan fingerprint density at radius 2 is 2.18 bits per heavy atom. The highest BCUT2D eigenvalue weighted by Gasteiger charge is 2.18. The van der Waals surface area contributed by atoms with Gasteiger partial charge in [-0.05, 0) is 38.6 Å². The van der Waals surface area contributed by atoms with Crippen LogP contribution in [-0.2, 0) is 0 Å². The van der Waals surface area contributed by atoms with Crippen molar-refractivity contribution in [3.8, 4) is 0 Å². The summed E-state index contributed by atoms with van der Waals surface area (Å²) in [5.74, 6) is -0.268. The molecule has 90 valence electrons. The van der Waals surface area contributed by atoms with Crippen LogP contribution < -0.4 is 5.32 Å². The van der Waals surface area contributed by atoms with Crippen molar-refractivity contribution in [1.29, 1.82) is 0 Å². The molecule has 0 fully saturated rings. The van der Waals surface area contributed by atoms with Crippen LogP contribution in [0.25, 0.3) is 0 Å². The van der Waals surface area contributed by atoms with E-state index in [1.54, 1.807) is 23.6 Å². The zero-order valence-corrected chi connectivity index (χ0v) is 10.9. The zero-order chi connectivity index (χ0) is 12.4. The first-order valence-corrected chi connectivity index (χ1v) is 6.28. The van der Waals surface area contributed by atoms with Crippen molar-refractivity contribution >= 4 is 11.3 Å². The first-order chi connectivity index (χ1) is 8.13. The van der Waals surface area contributed by atoms with Crippen molar-refractivity contribution < 1.29 is 4.39 Å². The number of pyridine rings is 1. The summed E-state index contributed by atoms with van der Waals surface area (Å²) < 4.78 is 13.7. The van der Waals surface area contributed by atoms with Gasteiger partial charge in [0.2, 0.25) is 0 Å². The maximum Gasteiger partial charge on any atom is 0.146 e. The molecular weight excluding hydrogens is 235 g/mol. The number of hydrogen-bond donors (Lipinski definition) is 1. The molecule has 0 saturated heterocycles. The minimum Gasteiger partial charge on any atom is -0.309 e. The van der Waals surface area contributed by atoms with E-state index in [0.717, 1.165) is 4.88 Å². The predicted molar refractivity (Wildman–Crippen MR) is 68.9 cm³/mol. The minimum atomic E-state index is -0.268. The van der Waals surface area contributed by atoms with Crippen molar-refractivity contribution in [2.24, 2.45) is 0 Å². The van der Waals surface area contributed by atoms with Crippen LogP contribution >= 0.6 is 11.3 Å². The molecule has 1 atom stereocenters. The third-order valence-electron chi connectivity index (χ3n) is 2.87. The van der Waals surface area contributed by atoms with Crippen LogP contribution in [0.5, 0.6) is 0 Å². The largest absolute Gasteiger partial charge is 0.309 e. The van der Waals surface area contributed by atoms with E-state index in [9.17, 15) is 4.39 Å². The Labute approximate surface area is 105 Å². The fraction of sp³-hybridized carbons (Fsp3) is 0.308. The fourth-order valence-electron chi connectivity index (χ4n) is 1.82. The highest BCUT2D eigenvalue weighted by molar-refractivity contribution is 7.12. The molecule has 2 nitrogen and oxygen atoms in total. The molecular formula is C13H15FN2S. The summed E-state index contributed by atoms with van der Waals surface area (Å²) in [6.45, 7) is 4.16. The Morgan fingerprint density at radius 3 is 2.71 bits per heavy atom. The molecule has 0 amide bonds. The van der Waals surface area contributed by atoms with Gasteiger partial charge in [-0.2, -0.15) is 0 Å². The van der Waals surface area contributed by atoms with Gasteiger partial charge in [0.15, 0.2) is 0 Å². The normalized spacial score (nSPS) is 12.7. The van der Waals surface area contributed by atoms with Crippen LogP contribution in [0.15, 0.2) is 24.5 Å². The molecule has 2 heterocycles. The molecule has 2 rings (SSSR count). The second kappa shape index (κ2) is 4.94. The molecule has 4 heteroatoms. The van der Waals surface area contributed by atoms with Gasteiger partial charge in [-0.1, -0.05) is 0 Å². The molecule has 1 unspecified atom stereocenters. The molecule has 0 aliphatic carbocycles. The van der Waals surface area contributed by atoms with Gasteiger partial charge in [0.1, 0.15) is 5.82 Å². The third kappa shape index (κ3) is 2.37. The number of rotatable bonds is 3. The van der Waals surface area contributed by atoms with Gasteiger partial charge in [-0.25, -0.2) is 4.39 Å². The van der Waals surface area contributed by atoms with Crippen LogP contribution in [0.4, 0.5) is 4.39 Å². The maximum atomic E-state index is 13.7. The number of thiophene rings is 1. The lowest BCUT2D eigenvalue weighted by atomic mass is 10.1. The lowest BCUT2D eigenvalue weighted by molar-refractivity contribution is 0.573. The van der Waals surface area contributed by atoms with E-state index in [-0.39, 0.29) is 11.9 Å². The van der Waals surface area contributed by atoms with E-state index in [0.29, 0.717) is 5.56 Å². The highest BCUT2D eigenvalue weighted by atomic mass is 32.1. The van der Waals surface area contributed by atoms with Gasteiger partial charge in [0.05, 0.1) is 12.2 Å². The zero-order valence-electron chi connectivity index (χ0n) is 10.1. The standard InChI is InChI=1S/C13H15FN2S/c1-8-6-12(17-9(8)2)13(15-3)10-4-5-16-7-11(10)14/h4-7,13,15H,1-3H3. The second-order valence-corrected chi connectivity index (χ2v) is 5.29. The molecule has 0 radical (unpaired) electrons. The predicted octanol–water partition coefficient (Wildman–Crippen LogP) is 3.21. The van der Waals surface area contributed by atoms with Gasteiger partial charge in [-0.3, -0.25) is 4.98 Å². The molecule has 2 aromatic rings. The number of aromatic nitrogens is 1. The van der Waals surface area contributed by atoms with E-state index in [1.165, 1.54) is 16.6 Å². The number of nitrogens with zero attached hydrogens (tertiary/aromatic N) is 1. The Hall–Kier alpha value is -1.26. The van der Waals surface area contributed by atoms with Gasteiger partial charge in [-0.15, -0.1) is 11.3 Å². The van der Waals surface area contributed by atoms with Crippen molar-refractivity contribution in [3.63, 3.8) is 0 Å². The summed E-state index contributed by atoms with van der Waals surface area (Å²) in [7, 11) is 1.84. The van der Waals surface area contributed by atoms with Crippen LogP contribution in [0, 0.1) is 19.7 Å². The smallest absolute Gasteiger partial charge is 0.146 e. The molecule has 1 N–H and O–H groups in total. The SMILES string of the molecule is CNC(c1cc(C)c(C)s1)c1ccncc1F. The molecule has 2 aromatic heterocycles. The number of hydrogen-bond acceptors (Lipinski definition) is 3. The summed E-state index contributed by atoms with van der Waals surface area (Å²) in [6.07, 6.45) is 2.88. The molecule has 17 heavy (non-hydrogen) atoms. The molecule has 0 spiro atoms. The quantitative estimate of drug-likeness (QED) is 0.904. The Bertz CT molecular complexity index is 502. The number of nitrogens with one attached hydrogen (secondary N) is 1. The van der Waals surface area contributed by atoms with Gasteiger partial charge >= 0.3 is 0 Å². The van der Waals surface area contributed by atoms with E-state index >= 15 is 0 Å². The van der Waals surface area contributed by atoms with Gasteiger partial charge in [0.25, 0.3) is 0 Å². The Balaban J connectivity index is 2.44. The summed E-state index contributed by atoms with van der Waals surface area (Å²) in [5.41, 5.74) is 1.89. The molecule has 0 aliphatic heterocycles. The maximum absolute atomic E-state index is 13.7. The highest BCUT2D eigenvalue weighted by Crippen LogP contribution is 2.31. The van der Waals surface area contributed by atoms with E-state index < -0.39 is 0 Å². The topological polar surface area (TPSA) is 24.9 Å². The van der Waals surface area contributed by atoms with Gasteiger partial charge < -0.3 is 5.32 Å². The van der Waals surface area contributed by atoms with Crippen LogP contribution in [0.2, 0.25) is 0 Å². The van der Waals surface area contributed by atoms with Crippen molar-refractivity contribution in [2.45, 2.75) is 19.9 Å². The monoisotopic (exact) mass is 250 g/mol. The Morgan fingerprint density at radius 1 is 1.41 bits per heavy atom. The number of aryl methyl sites for hydroxylation is 2. The average Bonchev–Trinajstić information content (AvgIpc) is 2.63. The average molecular weight is 250 g/mol. The van der Waals surface area contributed by atoms with Crippen molar-refractivity contribution in [3.05, 3.63) is 51.2 Å². The molecule has 0 saturated carbocycles. The van der Waals surface area contributed by atoms with E-state index in [1.807, 2.05) is 7.05 Å². The van der Waals surface area contributed by atoms with Crippen molar-refractivity contribution in [2.75, 3.05) is 7.05 Å². The van der Waals surface area contributed by atoms with E-state index in [4.69, 9.17) is 0 Å². The van der Waals surface area contributed by atoms with E-state index in [2.05, 4.69) is 30.2 Å². The molecule has 0 bridgehead atoms. The summed E-state index contributed by atoms with van der Waals surface area (Å²) in [4.78, 5) is 6.18. The second-order valence-electron chi connectivity index (χ2n) is 4.01. The first-order valence-electron chi connectivity index (χ1n) is 5.47. The lowest BCUT2D eigenvalue weighted by Gasteiger charge is -2.15. The molecule has 0 aromatic carbocycles. The van der Waals surface area contributed by atoms with Crippen molar-refractivity contribution in [1.82, 2.24) is 10.3 Å². The van der Waals surface area contributed by atoms with Crippen LogP contribution in [0.3, 0.4) is 0 Å². The summed E-state index contributed by atoms with van der Waals surface area (Å²) in [5, 5.41) is 3.16. The van der Waals surface area contributed by atoms with Crippen LogP contribution in [-0.4, -0.2) is 12.0 Å². The summed E-state index contributed by atoms with van der Waals surface area (Å²) in [6, 6.07) is 3.73. The lowest BCUT2D eigenvalue weighted by Crippen LogP contribution is -2.17.